The largest absolute Gasteiger partial charge is 0.752 e. The number of carbonyl (C=O) groups is 1. The van der Waals surface area contributed by atoms with Crippen LogP contribution in [-0.2, 0) is 22.5 Å². The zero-order chi connectivity index (χ0) is 20.8. The molecule has 26 heavy (non-hydrogen) atoms. The van der Waals surface area contributed by atoms with Crippen molar-refractivity contribution in [2.24, 2.45) is 11.5 Å². The van der Waals surface area contributed by atoms with E-state index in [1.165, 1.54) is 0 Å². The summed E-state index contributed by atoms with van der Waals surface area (Å²) in [5.41, 5.74) is 9.59. The number of carbonyl (C=O) groups excluding carboxylic acids is 1. The van der Waals surface area contributed by atoms with Crippen molar-refractivity contribution in [1.29, 1.82) is 0 Å². The SMILES string of the molecule is CC(C)(C)O[Si](OC(=O)[C@@H](N)CCCCN)(OC(C)(C)C)OC(C)(C)C. The Hall–Kier alpha value is -0.513. The summed E-state index contributed by atoms with van der Waals surface area (Å²) in [5.74, 6) is -0.577. The summed E-state index contributed by atoms with van der Waals surface area (Å²) < 4.78 is 24.0. The topological polar surface area (TPSA) is 106 Å². The second-order valence-electron chi connectivity index (χ2n) is 9.46. The van der Waals surface area contributed by atoms with E-state index in [1.807, 2.05) is 62.3 Å². The quantitative estimate of drug-likeness (QED) is 0.459. The molecule has 0 radical (unpaired) electrons. The van der Waals surface area contributed by atoms with Crippen molar-refractivity contribution in [3.05, 3.63) is 0 Å². The Bertz CT molecular complexity index is 398. The van der Waals surface area contributed by atoms with Gasteiger partial charge >= 0.3 is 15.0 Å². The number of rotatable bonds is 9. The molecule has 0 aliphatic carbocycles. The zero-order valence-corrected chi connectivity index (χ0v) is 19.1. The van der Waals surface area contributed by atoms with Crippen molar-refractivity contribution in [3.8, 4) is 0 Å². The molecule has 0 saturated carbocycles. The average Bonchev–Trinajstić information content (AvgIpc) is 2.31. The molecule has 0 aliphatic rings. The molecule has 0 heterocycles. The first-order valence-electron chi connectivity index (χ1n) is 9.28. The summed E-state index contributed by atoms with van der Waals surface area (Å²) in [7, 11) is -3.83. The lowest BCUT2D eigenvalue weighted by Gasteiger charge is -2.40. The van der Waals surface area contributed by atoms with Crippen molar-refractivity contribution < 1.29 is 22.5 Å². The van der Waals surface area contributed by atoms with Crippen LogP contribution in [0.3, 0.4) is 0 Å². The van der Waals surface area contributed by atoms with Gasteiger partial charge < -0.3 is 29.2 Å². The van der Waals surface area contributed by atoms with Crippen molar-refractivity contribution in [1.82, 2.24) is 0 Å². The molecule has 0 spiro atoms. The standard InChI is InChI=1S/C18H40N2O5Si/c1-16(2,3)23-26(24-17(4,5)6,25-18(7,8)9)22-15(21)14(20)12-10-11-13-19/h14H,10-13,19-20H2,1-9H3/t14-/m0/s1. The van der Waals surface area contributed by atoms with Gasteiger partial charge in [-0.05, 0) is 81.7 Å². The lowest BCUT2D eigenvalue weighted by molar-refractivity contribution is -0.163. The second-order valence-corrected chi connectivity index (χ2v) is 11.3. The van der Waals surface area contributed by atoms with Gasteiger partial charge in [0.2, 0.25) is 0 Å². The van der Waals surface area contributed by atoms with Crippen LogP contribution in [0.4, 0.5) is 0 Å². The summed E-state index contributed by atoms with van der Waals surface area (Å²) >= 11 is 0. The fraction of sp³-hybridized carbons (Fsp3) is 0.944. The van der Waals surface area contributed by atoms with Crippen molar-refractivity contribution in [2.75, 3.05) is 6.54 Å². The van der Waals surface area contributed by atoms with Gasteiger partial charge in [-0.25, -0.2) is 0 Å². The molecular formula is C18H40N2O5Si. The first-order chi connectivity index (χ1) is 11.5. The van der Waals surface area contributed by atoms with Gasteiger partial charge in [0.15, 0.2) is 0 Å². The molecular weight excluding hydrogens is 352 g/mol. The maximum atomic E-state index is 12.6. The smallest absolute Gasteiger partial charge is 0.451 e. The maximum Gasteiger partial charge on any atom is 0.752 e. The van der Waals surface area contributed by atoms with Crippen molar-refractivity contribution in [2.45, 2.75) is 104 Å². The van der Waals surface area contributed by atoms with E-state index in [4.69, 9.17) is 29.2 Å². The molecule has 156 valence electrons. The molecule has 4 N–H and O–H groups in total. The van der Waals surface area contributed by atoms with Crippen molar-refractivity contribution >= 4 is 15.0 Å². The molecule has 0 bridgehead atoms. The number of unbranched alkanes of at least 4 members (excludes halogenated alkanes) is 1. The third kappa shape index (κ3) is 12.0. The Labute approximate surface area is 160 Å². The monoisotopic (exact) mass is 392 g/mol. The molecule has 0 aromatic heterocycles. The van der Waals surface area contributed by atoms with Gasteiger partial charge in [0.05, 0.1) is 16.8 Å². The van der Waals surface area contributed by atoms with E-state index in [-0.39, 0.29) is 0 Å². The fourth-order valence-electron chi connectivity index (χ4n) is 2.08. The summed E-state index contributed by atoms with van der Waals surface area (Å²) in [6.45, 7) is 17.3. The van der Waals surface area contributed by atoms with E-state index < -0.39 is 37.9 Å². The molecule has 0 saturated heterocycles. The normalized spacial score (nSPS) is 15.0. The van der Waals surface area contributed by atoms with E-state index in [1.54, 1.807) is 0 Å². The van der Waals surface area contributed by atoms with Crippen LogP contribution < -0.4 is 11.5 Å². The maximum absolute atomic E-state index is 12.6. The fourth-order valence-corrected chi connectivity index (χ4v) is 4.97. The van der Waals surface area contributed by atoms with E-state index in [9.17, 15) is 4.79 Å². The van der Waals surface area contributed by atoms with E-state index in [2.05, 4.69) is 0 Å². The number of hydrogen-bond donors (Lipinski definition) is 2. The van der Waals surface area contributed by atoms with Crippen LogP contribution in [0, 0.1) is 0 Å². The van der Waals surface area contributed by atoms with Crippen LogP contribution in [0.15, 0.2) is 0 Å². The van der Waals surface area contributed by atoms with Crippen LogP contribution in [-0.4, -0.2) is 44.4 Å². The van der Waals surface area contributed by atoms with Gasteiger partial charge in [0, 0.05) is 0 Å². The van der Waals surface area contributed by atoms with Gasteiger partial charge in [0.1, 0.15) is 6.04 Å². The van der Waals surface area contributed by atoms with Gasteiger partial charge in [0.25, 0.3) is 0 Å². The molecule has 1 atom stereocenters. The molecule has 0 rings (SSSR count). The predicted molar refractivity (Wildman–Crippen MR) is 105 cm³/mol. The highest BCUT2D eigenvalue weighted by atomic mass is 28.4. The first kappa shape index (κ1) is 25.5. The van der Waals surface area contributed by atoms with Crippen LogP contribution in [0.1, 0.15) is 81.6 Å². The number of nitrogens with two attached hydrogens (primary N) is 2. The molecule has 7 nitrogen and oxygen atoms in total. The van der Waals surface area contributed by atoms with Crippen LogP contribution in [0.5, 0.6) is 0 Å². The van der Waals surface area contributed by atoms with E-state index >= 15 is 0 Å². The Balaban J connectivity index is 5.59. The third-order valence-electron chi connectivity index (χ3n) is 2.79. The second kappa shape index (κ2) is 9.61. The van der Waals surface area contributed by atoms with Crippen LogP contribution in [0.2, 0.25) is 0 Å². The Kier molecular flexibility index (Phi) is 9.42. The van der Waals surface area contributed by atoms with Gasteiger partial charge in [-0.3, -0.25) is 4.79 Å². The van der Waals surface area contributed by atoms with Crippen molar-refractivity contribution in [3.63, 3.8) is 0 Å². The summed E-state index contributed by atoms with van der Waals surface area (Å²) in [6.07, 6.45) is 2.04. The van der Waals surface area contributed by atoms with E-state index in [0.717, 1.165) is 12.8 Å². The predicted octanol–water partition coefficient (Wildman–Crippen LogP) is 2.87. The minimum atomic E-state index is -3.83. The first-order valence-corrected chi connectivity index (χ1v) is 10.9. The Morgan fingerprint density at radius 2 is 1.23 bits per heavy atom. The highest BCUT2D eigenvalue weighted by Gasteiger charge is 2.58. The Morgan fingerprint density at radius 1 is 0.846 bits per heavy atom. The molecule has 0 fully saturated rings. The van der Waals surface area contributed by atoms with Gasteiger partial charge in [-0.2, -0.15) is 0 Å². The van der Waals surface area contributed by atoms with Crippen LogP contribution >= 0.6 is 0 Å². The molecule has 0 amide bonds. The summed E-state index contributed by atoms with van der Waals surface area (Å²) in [4.78, 5) is 12.6. The highest BCUT2D eigenvalue weighted by molar-refractivity contribution is 6.56. The molecule has 0 aromatic carbocycles. The molecule has 0 unspecified atom stereocenters. The zero-order valence-electron chi connectivity index (χ0n) is 18.1. The number of hydrogen-bond acceptors (Lipinski definition) is 7. The molecule has 0 aromatic rings. The Morgan fingerprint density at radius 3 is 1.54 bits per heavy atom. The molecule has 0 aliphatic heterocycles. The van der Waals surface area contributed by atoms with Gasteiger partial charge in [-0.15, -0.1) is 0 Å². The average molecular weight is 393 g/mol. The lowest BCUT2D eigenvalue weighted by Crippen LogP contribution is -2.61. The minimum Gasteiger partial charge on any atom is -0.451 e. The van der Waals surface area contributed by atoms with E-state index in [0.29, 0.717) is 13.0 Å². The van der Waals surface area contributed by atoms with Crippen LogP contribution in [0.25, 0.3) is 0 Å². The van der Waals surface area contributed by atoms with Gasteiger partial charge in [-0.1, -0.05) is 6.42 Å². The minimum absolute atomic E-state index is 0.487. The third-order valence-corrected chi connectivity index (χ3v) is 5.83. The molecule has 8 heteroatoms. The highest BCUT2D eigenvalue weighted by Crippen LogP contribution is 2.30. The summed E-state index contributed by atoms with van der Waals surface area (Å²) in [6, 6.07) is -0.774. The summed E-state index contributed by atoms with van der Waals surface area (Å²) in [5, 5.41) is 0. The lowest BCUT2D eigenvalue weighted by atomic mass is 10.1.